The van der Waals surface area contributed by atoms with Gasteiger partial charge in [0.1, 0.15) is 5.82 Å². The van der Waals surface area contributed by atoms with Gasteiger partial charge in [0, 0.05) is 44.7 Å². The maximum atomic E-state index is 13.9. The van der Waals surface area contributed by atoms with Crippen LogP contribution < -0.4 is 15.5 Å². The van der Waals surface area contributed by atoms with E-state index in [0.717, 1.165) is 61.4 Å². The smallest absolute Gasteiger partial charge is 0.191 e. The zero-order chi connectivity index (χ0) is 21.3. The number of anilines is 1. The lowest BCUT2D eigenvalue weighted by molar-refractivity contribution is 0.176. The molecule has 0 saturated carbocycles. The van der Waals surface area contributed by atoms with Crippen molar-refractivity contribution in [3.05, 3.63) is 46.7 Å². The van der Waals surface area contributed by atoms with E-state index in [1.807, 2.05) is 31.1 Å². The monoisotopic (exact) mass is 432 g/mol. The first-order valence-electron chi connectivity index (χ1n) is 10.6. The third-order valence-corrected chi connectivity index (χ3v) is 6.34. The van der Waals surface area contributed by atoms with E-state index < -0.39 is 0 Å². The number of rotatable bonds is 8. The van der Waals surface area contributed by atoms with Gasteiger partial charge >= 0.3 is 0 Å². The molecular weight excluding hydrogens is 399 g/mol. The molecule has 164 valence electrons. The highest BCUT2D eigenvalue weighted by atomic mass is 32.1. The normalized spacial score (nSPS) is 15.9. The molecule has 2 aromatic rings. The topological polar surface area (TPSA) is 55.8 Å². The average molecular weight is 433 g/mol. The lowest BCUT2D eigenvalue weighted by atomic mass is 9.96. The van der Waals surface area contributed by atoms with E-state index in [1.54, 1.807) is 23.5 Å². The number of halogens is 1. The molecule has 2 heterocycles. The highest BCUT2D eigenvalue weighted by Gasteiger charge is 2.20. The van der Waals surface area contributed by atoms with Gasteiger partial charge in [-0.1, -0.05) is 18.2 Å². The van der Waals surface area contributed by atoms with E-state index in [4.69, 9.17) is 0 Å². The summed E-state index contributed by atoms with van der Waals surface area (Å²) in [5.74, 6) is 1.33. The summed E-state index contributed by atoms with van der Waals surface area (Å²) in [5, 5.41) is 9.87. The molecule has 3 rings (SSSR count). The molecule has 1 saturated heterocycles. The fourth-order valence-electron chi connectivity index (χ4n) is 3.53. The molecule has 0 unspecified atom stereocenters. The van der Waals surface area contributed by atoms with Crippen molar-refractivity contribution in [1.29, 1.82) is 0 Å². The molecular formula is C22H33FN6S. The van der Waals surface area contributed by atoms with Crippen LogP contribution in [0.1, 0.15) is 31.0 Å². The SMILES string of the molecule is CCNC(=NCc1csc(N(C)C)n1)NCC1CCN(Cc2ccccc2F)CC1. The summed E-state index contributed by atoms with van der Waals surface area (Å²) < 4.78 is 13.9. The van der Waals surface area contributed by atoms with E-state index in [2.05, 4.69) is 37.8 Å². The maximum Gasteiger partial charge on any atom is 0.191 e. The summed E-state index contributed by atoms with van der Waals surface area (Å²) in [7, 11) is 4.00. The first-order chi connectivity index (χ1) is 14.5. The molecule has 0 bridgehead atoms. The van der Waals surface area contributed by atoms with Crippen LogP contribution in [0.15, 0.2) is 34.6 Å². The van der Waals surface area contributed by atoms with Gasteiger partial charge in [-0.25, -0.2) is 14.4 Å². The lowest BCUT2D eigenvalue weighted by Crippen LogP contribution is -2.42. The lowest BCUT2D eigenvalue weighted by Gasteiger charge is -2.32. The molecule has 2 N–H and O–H groups in total. The second-order valence-corrected chi connectivity index (χ2v) is 8.74. The number of hydrogen-bond donors (Lipinski definition) is 2. The third kappa shape index (κ3) is 6.67. The van der Waals surface area contributed by atoms with Gasteiger partial charge in [-0.05, 0) is 44.8 Å². The Labute approximate surface area is 183 Å². The number of aromatic nitrogens is 1. The molecule has 30 heavy (non-hydrogen) atoms. The van der Waals surface area contributed by atoms with Crippen molar-refractivity contribution in [2.24, 2.45) is 10.9 Å². The highest BCUT2D eigenvalue weighted by Crippen LogP contribution is 2.20. The molecule has 0 radical (unpaired) electrons. The molecule has 1 aromatic carbocycles. The van der Waals surface area contributed by atoms with Crippen LogP contribution in [0.2, 0.25) is 0 Å². The zero-order valence-electron chi connectivity index (χ0n) is 18.2. The molecule has 6 nitrogen and oxygen atoms in total. The van der Waals surface area contributed by atoms with E-state index >= 15 is 0 Å². The van der Waals surface area contributed by atoms with Gasteiger partial charge in [-0.3, -0.25) is 4.90 Å². The number of benzene rings is 1. The molecule has 0 aliphatic carbocycles. The van der Waals surface area contributed by atoms with Crippen LogP contribution in [0.3, 0.4) is 0 Å². The van der Waals surface area contributed by atoms with Crippen molar-refractivity contribution in [3.8, 4) is 0 Å². The van der Waals surface area contributed by atoms with Crippen LogP contribution >= 0.6 is 11.3 Å². The first kappa shape index (κ1) is 22.5. The summed E-state index contributed by atoms with van der Waals surface area (Å²) in [6.45, 7) is 7.07. The number of aliphatic imine (C=N–C) groups is 1. The molecule has 1 aromatic heterocycles. The van der Waals surface area contributed by atoms with Crippen molar-refractivity contribution >= 4 is 22.4 Å². The summed E-state index contributed by atoms with van der Waals surface area (Å²) in [4.78, 5) is 13.6. The average Bonchev–Trinajstić information content (AvgIpc) is 3.22. The predicted octanol–water partition coefficient (Wildman–Crippen LogP) is 3.32. The fourth-order valence-corrected chi connectivity index (χ4v) is 4.28. The minimum atomic E-state index is -0.106. The summed E-state index contributed by atoms with van der Waals surface area (Å²) >= 11 is 1.64. The number of nitrogens with one attached hydrogen (secondary N) is 2. The maximum absolute atomic E-state index is 13.9. The fraction of sp³-hybridized carbons (Fsp3) is 0.545. The van der Waals surface area contributed by atoms with Crippen LogP contribution in [0.25, 0.3) is 0 Å². The molecule has 1 aliphatic heterocycles. The van der Waals surface area contributed by atoms with Crippen LogP contribution in [0.5, 0.6) is 0 Å². The van der Waals surface area contributed by atoms with Crippen LogP contribution in [-0.2, 0) is 13.1 Å². The number of likely N-dealkylation sites (tertiary alicyclic amines) is 1. The molecule has 1 aliphatic rings. The van der Waals surface area contributed by atoms with Crippen LogP contribution in [-0.4, -0.2) is 56.1 Å². The highest BCUT2D eigenvalue weighted by molar-refractivity contribution is 7.13. The minimum Gasteiger partial charge on any atom is -0.357 e. The summed E-state index contributed by atoms with van der Waals surface area (Å²) in [6, 6.07) is 7.08. The van der Waals surface area contributed by atoms with Gasteiger partial charge < -0.3 is 15.5 Å². The summed E-state index contributed by atoms with van der Waals surface area (Å²) in [6.07, 6.45) is 2.22. The van der Waals surface area contributed by atoms with Gasteiger partial charge in [0.15, 0.2) is 11.1 Å². The Hall–Kier alpha value is -2.19. The standard InChI is InChI=1S/C22H33FN6S/c1-4-24-21(26-14-19-16-30-22(27-19)28(2)3)25-13-17-9-11-29(12-10-17)15-18-7-5-6-8-20(18)23/h5-8,16-17H,4,9-15H2,1-3H3,(H2,24,25,26). The Morgan fingerprint density at radius 2 is 2.03 bits per heavy atom. The van der Waals surface area contributed by atoms with Crippen LogP contribution in [0, 0.1) is 11.7 Å². The Bertz CT molecular complexity index is 813. The number of hydrogen-bond acceptors (Lipinski definition) is 5. The van der Waals surface area contributed by atoms with Crippen molar-refractivity contribution in [2.45, 2.75) is 32.9 Å². The van der Waals surface area contributed by atoms with E-state index in [1.165, 1.54) is 0 Å². The minimum absolute atomic E-state index is 0.106. The molecule has 0 atom stereocenters. The van der Waals surface area contributed by atoms with Gasteiger partial charge in [0.2, 0.25) is 0 Å². The Morgan fingerprint density at radius 1 is 1.27 bits per heavy atom. The quantitative estimate of drug-likeness (QED) is 0.495. The second kappa shape index (κ2) is 11.3. The largest absolute Gasteiger partial charge is 0.357 e. The van der Waals surface area contributed by atoms with Crippen molar-refractivity contribution in [3.63, 3.8) is 0 Å². The molecule has 1 fully saturated rings. The molecule has 0 amide bonds. The Balaban J connectivity index is 1.44. The summed E-state index contributed by atoms with van der Waals surface area (Å²) in [5.41, 5.74) is 1.78. The van der Waals surface area contributed by atoms with Crippen molar-refractivity contribution < 1.29 is 4.39 Å². The van der Waals surface area contributed by atoms with Crippen LogP contribution in [0.4, 0.5) is 9.52 Å². The number of thiazole rings is 1. The number of piperidine rings is 1. The number of nitrogens with zero attached hydrogens (tertiary/aromatic N) is 4. The van der Waals surface area contributed by atoms with Gasteiger partial charge in [0.05, 0.1) is 12.2 Å². The molecule has 0 spiro atoms. The second-order valence-electron chi connectivity index (χ2n) is 7.90. The number of guanidine groups is 1. The van der Waals surface area contributed by atoms with Gasteiger partial charge in [-0.2, -0.15) is 0 Å². The van der Waals surface area contributed by atoms with Crippen molar-refractivity contribution in [1.82, 2.24) is 20.5 Å². The van der Waals surface area contributed by atoms with Crippen molar-refractivity contribution in [2.75, 3.05) is 45.2 Å². The first-order valence-corrected chi connectivity index (χ1v) is 11.5. The van der Waals surface area contributed by atoms with Gasteiger partial charge in [0.25, 0.3) is 0 Å². The van der Waals surface area contributed by atoms with E-state index in [0.29, 0.717) is 19.0 Å². The van der Waals surface area contributed by atoms with Gasteiger partial charge in [-0.15, -0.1) is 11.3 Å². The predicted molar refractivity (Wildman–Crippen MR) is 124 cm³/mol. The zero-order valence-corrected chi connectivity index (χ0v) is 19.0. The van der Waals surface area contributed by atoms with E-state index in [9.17, 15) is 4.39 Å². The Kier molecular flexibility index (Phi) is 8.45. The third-order valence-electron chi connectivity index (χ3n) is 5.28. The van der Waals surface area contributed by atoms with E-state index in [-0.39, 0.29) is 5.82 Å². The Morgan fingerprint density at radius 3 is 2.70 bits per heavy atom. The molecule has 8 heteroatoms.